The van der Waals surface area contributed by atoms with Gasteiger partial charge in [-0.05, 0) is 42.5 Å². The summed E-state index contributed by atoms with van der Waals surface area (Å²) in [6, 6.07) is 5.21. The lowest BCUT2D eigenvalue weighted by atomic mass is 9.87. The molecular weight excluding hydrogens is 314 g/mol. The fourth-order valence-corrected chi connectivity index (χ4v) is 3.08. The third-order valence-corrected chi connectivity index (χ3v) is 4.19. The highest BCUT2D eigenvalue weighted by molar-refractivity contribution is 5.78. The summed E-state index contributed by atoms with van der Waals surface area (Å²) in [7, 11) is 1.54. The van der Waals surface area contributed by atoms with Crippen LogP contribution in [0, 0.1) is 11.6 Å². The summed E-state index contributed by atoms with van der Waals surface area (Å²) in [4.78, 5) is 16.4. The molecule has 1 aromatic heterocycles. The molecule has 1 aromatic carbocycles. The molecule has 6 heteroatoms. The maximum absolute atomic E-state index is 13.9. The maximum atomic E-state index is 13.9. The van der Waals surface area contributed by atoms with Crippen LogP contribution in [0.1, 0.15) is 35.7 Å². The quantitative estimate of drug-likeness (QED) is 0.936. The second-order valence-electron chi connectivity index (χ2n) is 5.83. The number of carbonyl (C=O) groups excluding carboxylic acids is 1. The zero-order valence-electron chi connectivity index (χ0n) is 13.3. The van der Waals surface area contributed by atoms with Crippen LogP contribution in [0.5, 0.6) is 5.75 Å². The Kier molecular flexibility index (Phi) is 4.74. The average Bonchev–Trinajstić information content (AvgIpc) is 2.55. The van der Waals surface area contributed by atoms with E-state index in [2.05, 4.69) is 10.3 Å². The summed E-state index contributed by atoms with van der Waals surface area (Å²) < 4.78 is 32.5. The van der Waals surface area contributed by atoms with Crippen molar-refractivity contribution in [3.05, 3.63) is 58.9 Å². The molecule has 0 bridgehead atoms. The minimum atomic E-state index is -0.623. The second kappa shape index (κ2) is 6.95. The molecule has 1 heterocycles. The van der Waals surface area contributed by atoms with Crippen LogP contribution in [0.25, 0.3) is 0 Å². The first kappa shape index (κ1) is 16.4. The Morgan fingerprint density at radius 2 is 2.21 bits per heavy atom. The number of aromatic nitrogens is 1. The van der Waals surface area contributed by atoms with Gasteiger partial charge in [-0.1, -0.05) is 0 Å². The molecule has 0 fully saturated rings. The molecule has 0 unspecified atom stereocenters. The number of fused-ring (bicyclic) bond motifs is 1. The van der Waals surface area contributed by atoms with Crippen molar-refractivity contribution >= 4 is 5.91 Å². The van der Waals surface area contributed by atoms with Gasteiger partial charge in [0.15, 0.2) is 0 Å². The van der Waals surface area contributed by atoms with Gasteiger partial charge in [0.2, 0.25) is 5.91 Å². The number of nitrogens with one attached hydrogen (secondary N) is 1. The smallest absolute Gasteiger partial charge is 0.226 e. The van der Waals surface area contributed by atoms with Crippen LogP contribution in [-0.2, 0) is 17.6 Å². The molecule has 1 atom stereocenters. The second-order valence-corrected chi connectivity index (χ2v) is 5.83. The van der Waals surface area contributed by atoms with E-state index in [1.165, 1.54) is 6.07 Å². The van der Waals surface area contributed by atoms with Gasteiger partial charge in [0.25, 0.3) is 0 Å². The van der Waals surface area contributed by atoms with Gasteiger partial charge in [0, 0.05) is 18.3 Å². The number of nitrogens with zero attached hydrogens (tertiary/aromatic N) is 1. The third kappa shape index (κ3) is 3.53. The van der Waals surface area contributed by atoms with Crippen LogP contribution in [0.3, 0.4) is 0 Å². The normalized spacial score (nSPS) is 16.4. The number of hydrogen-bond donors (Lipinski definition) is 1. The van der Waals surface area contributed by atoms with Gasteiger partial charge in [-0.2, -0.15) is 0 Å². The summed E-state index contributed by atoms with van der Waals surface area (Å²) in [6.45, 7) is 0. The monoisotopic (exact) mass is 332 g/mol. The average molecular weight is 332 g/mol. The predicted molar refractivity (Wildman–Crippen MR) is 84.7 cm³/mol. The van der Waals surface area contributed by atoms with Gasteiger partial charge in [-0.15, -0.1) is 0 Å². The van der Waals surface area contributed by atoms with E-state index in [9.17, 15) is 13.6 Å². The number of hydrogen-bond acceptors (Lipinski definition) is 3. The number of amides is 1. The SMILES string of the molecule is COc1ccnc(CC(=O)N[C@H]2CCCc3c(F)cc(F)cc32)c1. The maximum Gasteiger partial charge on any atom is 0.226 e. The highest BCUT2D eigenvalue weighted by atomic mass is 19.1. The Bertz CT molecular complexity index is 765. The van der Waals surface area contributed by atoms with E-state index in [1.54, 1.807) is 25.4 Å². The van der Waals surface area contributed by atoms with E-state index in [1.807, 2.05) is 0 Å². The first-order valence-electron chi connectivity index (χ1n) is 7.83. The molecule has 4 nitrogen and oxygen atoms in total. The molecule has 0 radical (unpaired) electrons. The third-order valence-electron chi connectivity index (χ3n) is 4.19. The fourth-order valence-electron chi connectivity index (χ4n) is 3.08. The van der Waals surface area contributed by atoms with Crippen LogP contribution >= 0.6 is 0 Å². The molecule has 1 aliphatic carbocycles. The van der Waals surface area contributed by atoms with E-state index in [0.29, 0.717) is 35.4 Å². The molecule has 0 saturated heterocycles. The molecule has 1 aliphatic rings. The summed E-state index contributed by atoms with van der Waals surface area (Å²) in [5.74, 6) is -0.779. The summed E-state index contributed by atoms with van der Waals surface area (Å²) >= 11 is 0. The van der Waals surface area contributed by atoms with E-state index in [-0.39, 0.29) is 18.4 Å². The van der Waals surface area contributed by atoms with Crippen LogP contribution in [-0.4, -0.2) is 18.0 Å². The predicted octanol–water partition coefficient (Wildman–Crippen LogP) is 3.10. The Morgan fingerprint density at radius 1 is 1.38 bits per heavy atom. The zero-order valence-corrected chi connectivity index (χ0v) is 13.3. The number of ether oxygens (including phenoxy) is 1. The molecule has 1 amide bonds. The fraction of sp³-hybridized carbons (Fsp3) is 0.333. The van der Waals surface area contributed by atoms with Crippen molar-refractivity contribution in [3.63, 3.8) is 0 Å². The van der Waals surface area contributed by atoms with E-state index in [0.717, 1.165) is 12.5 Å². The van der Waals surface area contributed by atoms with Crippen LogP contribution < -0.4 is 10.1 Å². The van der Waals surface area contributed by atoms with Gasteiger partial charge < -0.3 is 10.1 Å². The Hall–Kier alpha value is -2.50. The van der Waals surface area contributed by atoms with Gasteiger partial charge in [0.05, 0.1) is 25.3 Å². The number of methoxy groups -OCH3 is 1. The molecule has 0 saturated carbocycles. The Morgan fingerprint density at radius 3 is 3.00 bits per heavy atom. The minimum absolute atomic E-state index is 0.0842. The Balaban J connectivity index is 1.74. The topological polar surface area (TPSA) is 51.2 Å². The standard InChI is InChI=1S/C18H18F2N2O2/c1-24-13-5-6-21-12(9-13)10-18(23)22-17-4-2-3-14-15(17)7-11(19)8-16(14)20/h5-9,17H,2-4,10H2,1H3,(H,22,23)/t17-/m0/s1. The molecule has 126 valence electrons. The van der Waals surface area contributed by atoms with Crippen LogP contribution in [0.4, 0.5) is 8.78 Å². The number of halogens is 2. The molecule has 2 aromatic rings. The molecule has 1 N–H and O–H groups in total. The number of benzene rings is 1. The van der Waals surface area contributed by atoms with Crippen molar-refractivity contribution in [1.82, 2.24) is 10.3 Å². The zero-order chi connectivity index (χ0) is 17.1. The van der Waals surface area contributed by atoms with Gasteiger partial charge in [0.1, 0.15) is 17.4 Å². The Labute approximate surface area is 138 Å². The largest absolute Gasteiger partial charge is 0.497 e. The summed E-state index contributed by atoms with van der Waals surface area (Å²) in [5, 5.41) is 2.86. The van der Waals surface area contributed by atoms with E-state index < -0.39 is 11.6 Å². The lowest BCUT2D eigenvalue weighted by Crippen LogP contribution is -2.32. The van der Waals surface area contributed by atoms with Gasteiger partial charge in [-0.3, -0.25) is 9.78 Å². The van der Waals surface area contributed by atoms with Crippen molar-refractivity contribution in [2.45, 2.75) is 31.7 Å². The molecule has 3 rings (SSSR count). The molecule has 0 aliphatic heterocycles. The van der Waals surface area contributed by atoms with Crippen molar-refractivity contribution in [2.24, 2.45) is 0 Å². The van der Waals surface area contributed by atoms with Gasteiger partial charge >= 0.3 is 0 Å². The minimum Gasteiger partial charge on any atom is -0.497 e. The first-order chi connectivity index (χ1) is 11.6. The number of rotatable bonds is 4. The highest BCUT2D eigenvalue weighted by Crippen LogP contribution is 2.32. The number of pyridine rings is 1. The van der Waals surface area contributed by atoms with Crippen LogP contribution in [0.2, 0.25) is 0 Å². The molecule has 24 heavy (non-hydrogen) atoms. The summed E-state index contributed by atoms with van der Waals surface area (Å²) in [5.41, 5.74) is 1.60. The number of carbonyl (C=O) groups is 1. The van der Waals surface area contributed by atoms with E-state index >= 15 is 0 Å². The summed E-state index contributed by atoms with van der Waals surface area (Å²) in [6.07, 6.45) is 3.62. The van der Waals surface area contributed by atoms with Crippen LogP contribution in [0.15, 0.2) is 30.5 Å². The van der Waals surface area contributed by atoms with Crippen molar-refractivity contribution in [3.8, 4) is 5.75 Å². The molecular formula is C18H18F2N2O2. The molecule has 0 spiro atoms. The highest BCUT2D eigenvalue weighted by Gasteiger charge is 2.25. The lowest BCUT2D eigenvalue weighted by Gasteiger charge is -2.26. The van der Waals surface area contributed by atoms with Crippen molar-refractivity contribution in [2.75, 3.05) is 7.11 Å². The van der Waals surface area contributed by atoms with Gasteiger partial charge in [-0.25, -0.2) is 8.78 Å². The van der Waals surface area contributed by atoms with Crippen molar-refractivity contribution < 1.29 is 18.3 Å². The van der Waals surface area contributed by atoms with E-state index in [4.69, 9.17) is 4.74 Å². The first-order valence-corrected chi connectivity index (χ1v) is 7.83. The van der Waals surface area contributed by atoms with Crippen molar-refractivity contribution in [1.29, 1.82) is 0 Å². The lowest BCUT2D eigenvalue weighted by molar-refractivity contribution is -0.121.